The minimum atomic E-state index is -4.19. The third-order valence-electron chi connectivity index (χ3n) is 1.33. The lowest BCUT2D eigenvalue weighted by molar-refractivity contribution is -1.30. The molecule has 0 saturated carbocycles. The molecular formula is C7H6F4IN. The second-order valence-corrected chi connectivity index (χ2v) is 2.23. The highest BCUT2D eigenvalue weighted by Crippen LogP contribution is 2.31. The monoisotopic (exact) mass is 307 g/mol. The summed E-state index contributed by atoms with van der Waals surface area (Å²) in [5.74, 6) is 0. The molecule has 6 heteroatoms. The van der Waals surface area contributed by atoms with Gasteiger partial charge in [0.1, 0.15) is 0 Å². The minimum absolute atomic E-state index is 0. The number of benzene rings is 1. The summed E-state index contributed by atoms with van der Waals surface area (Å²) in [5.41, 5.74) is -0.384. The van der Waals surface area contributed by atoms with Crippen LogP contribution >= 0.6 is 0 Å². The molecule has 1 atom stereocenters. The number of quaternary nitrogens is 1. The highest BCUT2D eigenvalue weighted by molar-refractivity contribution is 5.15. The number of hydrogen-bond donors (Lipinski definition) is 0. The molecule has 1 aromatic carbocycles. The van der Waals surface area contributed by atoms with Crippen molar-refractivity contribution in [1.82, 2.24) is 0 Å². The molecule has 0 aromatic heterocycles. The maximum atomic E-state index is 12.5. The van der Waals surface area contributed by atoms with Gasteiger partial charge >= 0.3 is 6.30 Å². The second-order valence-electron chi connectivity index (χ2n) is 2.23. The van der Waals surface area contributed by atoms with Crippen LogP contribution in [0.5, 0.6) is 0 Å². The molecule has 74 valence electrons. The summed E-state index contributed by atoms with van der Waals surface area (Å²) in [5, 5.41) is -4.19. The largest absolute Gasteiger partial charge is 1.00 e. The van der Waals surface area contributed by atoms with Crippen LogP contribution in [-0.2, 0) is 0 Å². The molecule has 0 N–H and O–H groups in total. The van der Waals surface area contributed by atoms with Gasteiger partial charge in [0.2, 0.25) is 0 Å². The van der Waals surface area contributed by atoms with E-state index in [0.717, 1.165) is 12.1 Å². The fraction of sp³-hybridized carbons (Fsp3) is 0.143. The number of hydrogen-bond acceptors (Lipinski definition) is 0. The Morgan fingerprint density at radius 1 is 1.00 bits per heavy atom. The number of nitrogens with zero attached hydrogens (tertiary/aromatic N) is 1. The van der Waals surface area contributed by atoms with Crippen molar-refractivity contribution in [2.24, 2.45) is 0 Å². The van der Waals surface area contributed by atoms with Crippen molar-refractivity contribution in [2.75, 3.05) is 0 Å². The van der Waals surface area contributed by atoms with Gasteiger partial charge in [-0.3, -0.25) is 0 Å². The molecule has 1 rings (SSSR count). The average molecular weight is 307 g/mol. The molecule has 0 aliphatic rings. The molecular weight excluding hydrogens is 301 g/mol. The molecule has 0 aliphatic carbocycles. The van der Waals surface area contributed by atoms with Gasteiger partial charge in [-0.1, -0.05) is 18.2 Å². The molecule has 0 amide bonds. The molecule has 13 heavy (non-hydrogen) atoms. The van der Waals surface area contributed by atoms with Crippen molar-refractivity contribution in [2.45, 2.75) is 6.30 Å². The number of alkyl halides is 1. The highest BCUT2D eigenvalue weighted by atomic mass is 127. The van der Waals surface area contributed by atoms with Gasteiger partial charge in [-0.15, -0.1) is 0 Å². The first-order chi connectivity index (χ1) is 5.52. The zero-order valence-corrected chi connectivity index (χ0v) is 8.46. The van der Waals surface area contributed by atoms with Crippen molar-refractivity contribution < 1.29 is 47.0 Å². The van der Waals surface area contributed by atoms with E-state index in [-0.39, 0.29) is 29.5 Å². The van der Waals surface area contributed by atoms with Crippen molar-refractivity contribution in [3.8, 4) is 0 Å². The first-order valence-electron chi connectivity index (χ1n) is 3.18. The fourth-order valence-corrected chi connectivity index (χ4v) is 0.781. The van der Waals surface area contributed by atoms with Crippen LogP contribution in [0.1, 0.15) is 11.9 Å². The van der Waals surface area contributed by atoms with Crippen LogP contribution in [-0.4, -0.2) is 5.15 Å². The third-order valence-corrected chi connectivity index (χ3v) is 1.33. The molecule has 0 heterocycles. The normalized spacial score (nSPS) is 13.2. The van der Waals surface area contributed by atoms with Gasteiger partial charge < -0.3 is 24.0 Å². The van der Waals surface area contributed by atoms with E-state index in [1.165, 1.54) is 18.2 Å². The Balaban J connectivity index is 0.00000144. The Labute approximate surface area is 89.4 Å². The van der Waals surface area contributed by atoms with Crippen LogP contribution in [0, 0.1) is 0 Å². The maximum Gasteiger partial charge on any atom is 0.371 e. The van der Waals surface area contributed by atoms with Crippen molar-refractivity contribution in [1.29, 1.82) is 0 Å². The summed E-state index contributed by atoms with van der Waals surface area (Å²) >= 11 is 0. The Morgan fingerprint density at radius 2 is 1.46 bits per heavy atom. The third kappa shape index (κ3) is 3.47. The van der Waals surface area contributed by atoms with E-state index in [1.54, 1.807) is 0 Å². The van der Waals surface area contributed by atoms with Crippen LogP contribution < -0.4 is 24.0 Å². The topological polar surface area (TPSA) is 0 Å². The summed E-state index contributed by atoms with van der Waals surface area (Å²) in [4.78, 5) is 0. The summed E-state index contributed by atoms with van der Waals surface area (Å²) in [6, 6.07) is 6.43. The van der Waals surface area contributed by atoms with E-state index in [1.807, 2.05) is 0 Å². The van der Waals surface area contributed by atoms with E-state index >= 15 is 0 Å². The van der Waals surface area contributed by atoms with Crippen LogP contribution in [0.2, 0.25) is 0 Å². The molecule has 0 saturated heterocycles. The standard InChI is InChI=1S/C7H6F4N.HI/c8-7(12(9,10)11)6-4-2-1-3-5-6;/h1-5,7H;1H/q+1;/p-1. The minimum Gasteiger partial charge on any atom is -1.00 e. The first kappa shape index (κ1) is 12.6. The lowest BCUT2D eigenvalue weighted by atomic mass is 10.2. The van der Waals surface area contributed by atoms with Gasteiger partial charge in [0.15, 0.2) is 0 Å². The Bertz CT molecular complexity index is 248. The average Bonchev–Trinajstić information content (AvgIpc) is 2.03. The van der Waals surface area contributed by atoms with E-state index in [9.17, 15) is 17.8 Å². The van der Waals surface area contributed by atoms with E-state index in [0.29, 0.717) is 0 Å². The lowest BCUT2D eigenvalue weighted by Crippen LogP contribution is -3.00. The van der Waals surface area contributed by atoms with Gasteiger partial charge in [-0.25, -0.2) is 0 Å². The Kier molecular flexibility index (Phi) is 4.62. The maximum absolute atomic E-state index is 12.5. The molecule has 0 aliphatic heterocycles. The summed E-state index contributed by atoms with van der Waals surface area (Å²) in [7, 11) is 0. The fourth-order valence-electron chi connectivity index (χ4n) is 0.781. The van der Waals surface area contributed by atoms with Gasteiger partial charge in [-0.05, 0) is 12.1 Å². The van der Waals surface area contributed by atoms with Crippen LogP contribution in [0.3, 0.4) is 0 Å². The smallest absolute Gasteiger partial charge is 0.371 e. The van der Waals surface area contributed by atoms with Crippen LogP contribution in [0.4, 0.5) is 17.8 Å². The molecule has 0 spiro atoms. The summed E-state index contributed by atoms with van der Waals surface area (Å²) in [6.07, 6.45) is -2.94. The Hall–Kier alpha value is -0.370. The van der Waals surface area contributed by atoms with Gasteiger partial charge in [0.25, 0.3) is 5.15 Å². The predicted molar refractivity (Wildman–Crippen MR) is 33.9 cm³/mol. The quantitative estimate of drug-likeness (QED) is 0.315. The van der Waals surface area contributed by atoms with E-state index in [4.69, 9.17) is 0 Å². The number of halogens is 5. The van der Waals surface area contributed by atoms with Crippen molar-refractivity contribution in [3.63, 3.8) is 0 Å². The van der Waals surface area contributed by atoms with Gasteiger partial charge in [-0.2, -0.15) is 4.39 Å². The molecule has 1 nitrogen and oxygen atoms in total. The summed E-state index contributed by atoms with van der Waals surface area (Å²) in [6.45, 7) is 0. The SMILES string of the molecule is FC(c1ccccc1)[N+](F)(F)F.[I-]. The van der Waals surface area contributed by atoms with E-state index in [2.05, 4.69) is 0 Å². The second kappa shape index (κ2) is 4.75. The molecule has 1 aromatic rings. The van der Waals surface area contributed by atoms with Crippen LogP contribution in [0.25, 0.3) is 0 Å². The van der Waals surface area contributed by atoms with Gasteiger partial charge in [0, 0.05) is 0 Å². The number of rotatable bonds is 2. The molecule has 0 fully saturated rings. The Morgan fingerprint density at radius 3 is 1.85 bits per heavy atom. The molecule has 0 radical (unpaired) electrons. The molecule has 1 unspecified atom stereocenters. The van der Waals surface area contributed by atoms with Crippen molar-refractivity contribution in [3.05, 3.63) is 35.9 Å². The zero-order chi connectivity index (χ0) is 9.19. The summed E-state index contributed by atoms with van der Waals surface area (Å²) < 4.78 is 47.6. The van der Waals surface area contributed by atoms with Gasteiger partial charge in [0.05, 0.1) is 19.0 Å². The highest BCUT2D eigenvalue weighted by Gasteiger charge is 2.45. The predicted octanol–water partition coefficient (Wildman–Crippen LogP) is 0.129. The van der Waals surface area contributed by atoms with Crippen molar-refractivity contribution >= 4 is 0 Å². The molecule has 0 bridgehead atoms. The first-order valence-corrected chi connectivity index (χ1v) is 3.18. The van der Waals surface area contributed by atoms with Crippen LogP contribution in [0.15, 0.2) is 30.3 Å². The van der Waals surface area contributed by atoms with E-state index < -0.39 is 11.4 Å². The lowest BCUT2D eigenvalue weighted by Gasteiger charge is -2.05. The zero-order valence-electron chi connectivity index (χ0n) is 6.30.